The number of hydrogen-bond donors (Lipinski definition) is 1. The molecule has 2 N–H and O–H groups in total. The first-order chi connectivity index (χ1) is 9.99. The van der Waals surface area contributed by atoms with Crippen LogP contribution in [0.5, 0.6) is 0 Å². The summed E-state index contributed by atoms with van der Waals surface area (Å²) in [6.07, 6.45) is 6.37. The van der Waals surface area contributed by atoms with Crippen molar-refractivity contribution in [3.8, 4) is 0 Å². The van der Waals surface area contributed by atoms with Crippen molar-refractivity contribution in [3.63, 3.8) is 0 Å². The van der Waals surface area contributed by atoms with Gasteiger partial charge in [0.2, 0.25) is 0 Å². The van der Waals surface area contributed by atoms with Crippen LogP contribution >= 0.6 is 0 Å². The highest BCUT2D eigenvalue weighted by atomic mass is 16.1. The molecule has 1 aromatic carbocycles. The normalized spacial score (nSPS) is 15.6. The molecule has 3 nitrogen and oxygen atoms in total. The predicted octanol–water partition coefficient (Wildman–Crippen LogP) is 4.27. The van der Waals surface area contributed by atoms with E-state index in [0.29, 0.717) is 23.2 Å². The molecule has 0 heterocycles. The number of nitrogens with two attached hydrogens (primary N) is 1. The van der Waals surface area contributed by atoms with Gasteiger partial charge in [-0.05, 0) is 50.3 Å². The molecule has 0 aromatic heterocycles. The van der Waals surface area contributed by atoms with E-state index in [1.54, 1.807) is 6.92 Å². The minimum Gasteiger partial charge on any atom is -0.398 e. The maximum absolute atomic E-state index is 11.5. The second-order valence-electron chi connectivity index (χ2n) is 6.64. The first kappa shape index (κ1) is 15.9. The highest BCUT2D eigenvalue weighted by Gasteiger charge is 2.23. The molecule has 0 atom stereocenters. The number of benzene rings is 1. The van der Waals surface area contributed by atoms with Crippen LogP contribution in [-0.4, -0.2) is 18.4 Å². The molecule has 0 aliphatic heterocycles. The zero-order chi connectivity index (χ0) is 15.4. The molecule has 0 saturated heterocycles. The molecular formula is C18H28N2O. The van der Waals surface area contributed by atoms with Gasteiger partial charge < -0.3 is 10.6 Å². The third-order valence-electron chi connectivity index (χ3n) is 4.46. The topological polar surface area (TPSA) is 46.3 Å². The third-order valence-corrected chi connectivity index (χ3v) is 4.46. The third kappa shape index (κ3) is 3.99. The van der Waals surface area contributed by atoms with Gasteiger partial charge in [-0.3, -0.25) is 4.79 Å². The van der Waals surface area contributed by atoms with Crippen LogP contribution in [0.25, 0.3) is 0 Å². The van der Waals surface area contributed by atoms with Crippen LogP contribution in [0, 0.1) is 5.92 Å². The Morgan fingerprint density at radius 3 is 2.52 bits per heavy atom. The monoisotopic (exact) mass is 288 g/mol. The number of Topliss-reactive ketones (excluding diaryl/α,β-unsaturated/α-hetero) is 1. The molecule has 0 spiro atoms. The van der Waals surface area contributed by atoms with Crippen LogP contribution in [0.3, 0.4) is 0 Å². The quantitative estimate of drug-likeness (QED) is 0.628. The van der Waals surface area contributed by atoms with E-state index in [-0.39, 0.29) is 5.78 Å². The highest BCUT2D eigenvalue weighted by molar-refractivity contribution is 5.99. The maximum atomic E-state index is 11.5. The number of anilines is 2. The Bertz CT molecular complexity index is 490. The van der Waals surface area contributed by atoms with Crippen molar-refractivity contribution in [1.82, 2.24) is 0 Å². The van der Waals surface area contributed by atoms with Gasteiger partial charge in [0.25, 0.3) is 0 Å². The minimum atomic E-state index is 0.0358. The lowest BCUT2D eigenvalue weighted by Crippen LogP contribution is -2.34. The Hall–Kier alpha value is -1.51. The van der Waals surface area contributed by atoms with Crippen molar-refractivity contribution in [2.75, 3.05) is 17.2 Å². The van der Waals surface area contributed by atoms with E-state index in [9.17, 15) is 4.79 Å². The zero-order valence-electron chi connectivity index (χ0n) is 13.6. The van der Waals surface area contributed by atoms with Crippen molar-refractivity contribution in [3.05, 3.63) is 23.8 Å². The van der Waals surface area contributed by atoms with Crippen LogP contribution in [-0.2, 0) is 0 Å². The molecule has 0 amide bonds. The van der Waals surface area contributed by atoms with Gasteiger partial charge in [-0.1, -0.05) is 26.7 Å². The SMILES string of the molecule is CC(=O)c1ccc(N(CCC(C)C)C2CCCC2)cc1N. The van der Waals surface area contributed by atoms with E-state index in [2.05, 4.69) is 24.8 Å². The van der Waals surface area contributed by atoms with Crippen molar-refractivity contribution >= 4 is 17.2 Å². The number of rotatable bonds is 6. The molecule has 1 aliphatic rings. The second-order valence-corrected chi connectivity index (χ2v) is 6.64. The van der Waals surface area contributed by atoms with Gasteiger partial charge in [0, 0.05) is 29.5 Å². The summed E-state index contributed by atoms with van der Waals surface area (Å²) in [7, 11) is 0. The molecule has 1 fully saturated rings. The standard InChI is InChI=1S/C18H28N2O/c1-13(2)10-11-20(15-6-4-5-7-15)16-8-9-17(14(3)21)18(19)12-16/h8-9,12-13,15H,4-7,10-11,19H2,1-3H3. The lowest BCUT2D eigenvalue weighted by atomic mass is 10.1. The molecule has 0 radical (unpaired) electrons. The van der Waals surface area contributed by atoms with Gasteiger partial charge >= 0.3 is 0 Å². The minimum absolute atomic E-state index is 0.0358. The lowest BCUT2D eigenvalue weighted by molar-refractivity contribution is 0.101. The maximum Gasteiger partial charge on any atom is 0.161 e. The summed E-state index contributed by atoms with van der Waals surface area (Å²) in [5.41, 5.74) is 8.48. The number of carbonyl (C=O) groups excluding carboxylic acids is 1. The average molecular weight is 288 g/mol. The number of hydrogen-bond acceptors (Lipinski definition) is 3. The summed E-state index contributed by atoms with van der Waals surface area (Å²) in [5.74, 6) is 0.733. The van der Waals surface area contributed by atoms with Crippen molar-refractivity contribution < 1.29 is 4.79 Å². The van der Waals surface area contributed by atoms with Gasteiger partial charge in [-0.25, -0.2) is 0 Å². The first-order valence-corrected chi connectivity index (χ1v) is 8.16. The van der Waals surface area contributed by atoms with Gasteiger partial charge in [0.05, 0.1) is 0 Å². The summed E-state index contributed by atoms with van der Waals surface area (Å²) >= 11 is 0. The van der Waals surface area contributed by atoms with E-state index in [0.717, 1.165) is 6.54 Å². The van der Waals surface area contributed by atoms with Crippen molar-refractivity contribution in [1.29, 1.82) is 0 Å². The summed E-state index contributed by atoms with van der Waals surface area (Å²) in [5, 5.41) is 0. The molecule has 1 aliphatic carbocycles. The first-order valence-electron chi connectivity index (χ1n) is 8.16. The van der Waals surface area contributed by atoms with Gasteiger partial charge in [0.1, 0.15) is 0 Å². The predicted molar refractivity (Wildman–Crippen MR) is 89.9 cm³/mol. The number of nitrogen functional groups attached to an aromatic ring is 1. The van der Waals surface area contributed by atoms with E-state index in [4.69, 9.17) is 5.73 Å². The van der Waals surface area contributed by atoms with E-state index < -0.39 is 0 Å². The fourth-order valence-corrected chi connectivity index (χ4v) is 3.19. The molecule has 2 rings (SSSR count). The van der Waals surface area contributed by atoms with Crippen LogP contribution in [0.4, 0.5) is 11.4 Å². The fraction of sp³-hybridized carbons (Fsp3) is 0.611. The van der Waals surface area contributed by atoms with Gasteiger partial charge in [0.15, 0.2) is 5.78 Å². The summed E-state index contributed by atoms with van der Waals surface area (Å²) in [4.78, 5) is 14.0. The van der Waals surface area contributed by atoms with E-state index in [1.165, 1.54) is 37.8 Å². The highest BCUT2D eigenvalue weighted by Crippen LogP contribution is 2.31. The van der Waals surface area contributed by atoms with Crippen molar-refractivity contribution in [2.45, 2.75) is 58.9 Å². The van der Waals surface area contributed by atoms with Crippen LogP contribution in [0.2, 0.25) is 0 Å². The number of ketones is 1. The number of carbonyl (C=O) groups is 1. The fourth-order valence-electron chi connectivity index (χ4n) is 3.19. The van der Waals surface area contributed by atoms with Gasteiger partial charge in [-0.2, -0.15) is 0 Å². The average Bonchev–Trinajstić information content (AvgIpc) is 2.92. The summed E-state index contributed by atoms with van der Waals surface area (Å²) in [6.45, 7) is 7.17. The summed E-state index contributed by atoms with van der Waals surface area (Å²) < 4.78 is 0. The van der Waals surface area contributed by atoms with Crippen LogP contribution in [0.1, 0.15) is 63.2 Å². The molecule has 0 unspecified atom stereocenters. The molecule has 1 aromatic rings. The smallest absolute Gasteiger partial charge is 0.161 e. The van der Waals surface area contributed by atoms with Crippen LogP contribution in [0.15, 0.2) is 18.2 Å². The Morgan fingerprint density at radius 2 is 2.00 bits per heavy atom. The van der Waals surface area contributed by atoms with Crippen LogP contribution < -0.4 is 10.6 Å². The van der Waals surface area contributed by atoms with Gasteiger partial charge in [-0.15, -0.1) is 0 Å². The van der Waals surface area contributed by atoms with E-state index in [1.807, 2.05) is 12.1 Å². The Labute approximate surface area is 128 Å². The Balaban J connectivity index is 2.22. The molecule has 3 heteroatoms. The molecule has 1 saturated carbocycles. The lowest BCUT2D eigenvalue weighted by Gasteiger charge is -2.32. The van der Waals surface area contributed by atoms with E-state index >= 15 is 0 Å². The van der Waals surface area contributed by atoms with Crippen molar-refractivity contribution in [2.24, 2.45) is 5.92 Å². The summed E-state index contributed by atoms with van der Waals surface area (Å²) in [6, 6.07) is 6.55. The molecule has 21 heavy (non-hydrogen) atoms. The molecular weight excluding hydrogens is 260 g/mol. The molecule has 0 bridgehead atoms. The zero-order valence-corrected chi connectivity index (χ0v) is 13.6. The Kier molecular flexibility index (Phi) is 5.27. The largest absolute Gasteiger partial charge is 0.398 e. The number of nitrogens with zero attached hydrogens (tertiary/aromatic N) is 1. The molecule has 116 valence electrons. The second kappa shape index (κ2) is 6.97. The Morgan fingerprint density at radius 1 is 1.33 bits per heavy atom.